The molecule has 134 valence electrons. The predicted molar refractivity (Wildman–Crippen MR) is 102 cm³/mol. The topological polar surface area (TPSA) is 72.1 Å². The number of benzene rings is 1. The number of pyridine rings is 1. The average molecular weight is 376 g/mol. The summed E-state index contributed by atoms with van der Waals surface area (Å²) >= 11 is 1.59. The largest absolute Gasteiger partial charge is 0.417 e. The van der Waals surface area contributed by atoms with Gasteiger partial charge in [0, 0.05) is 28.2 Å². The van der Waals surface area contributed by atoms with Crippen LogP contribution in [0.15, 0.2) is 58.5 Å². The molecule has 1 atom stereocenters. The quantitative estimate of drug-likeness (QED) is 0.532. The van der Waals surface area contributed by atoms with Crippen molar-refractivity contribution in [2.45, 2.75) is 18.9 Å². The van der Waals surface area contributed by atoms with E-state index in [-0.39, 0.29) is 11.9 Å². The lowest BCUT2D eigenvalue weighted by atomic mass is 10.1. The molecule has 1 unspecified atom stereocenters. The fourth-order valence-corrected chi connectivity index (χ4v) is 4.46. The molecular formula is C20H16N4O2S. The molecule has 0 N–H and O–H groups in total. The number of amides is 1. The highest BCUT2D eigenvalue weighted by atomic mass is 32.1. The van der Waals surface area contributed by atoms with E-state index in [1.165, 1.54) is 0 Å². The molecule has 0 aliphatic carbocycles. The maximum absolute atomic E-state index is 13.2. The van der Waals surface area contributed by atoms with E-state index in [9.17, 15) is 4.79 Å². The van der Waals surface area contributed by atoms with E-state index in [4.69, 9.17) is 4.42 Å². The third kappa shape index (κ3) is 2.80. The molecule has 0 spiro atoms. The lowest BCUT2D eigenvalue weighted by Crippen LogP contribution is -2.30. The fraction of sp³-hybridized carbons (Fsp3) is 0.200. The minimum absolute atomic E-state index is 0.0209. The first-order valence-electron chi connectivity index (χ1n) is 8.83. The van der Waals surface area contributed by atoms with Gasteiger partial charge in [-0.2, -0.15) is 0 Å². The monoisotopic (exact) mass is 376 g/mol. The zero-order valence-electron chi connectivity index (χ0n) is 14.4. The van der Waals surface area contributed by atoms with Crippen molar-refractivity contribution in [3.05, 3.63) is 65.5 Å². The van der Waals surface area contributed by atoms with Crippen LogP contribution in [0.25, 0.3) is 21.7 Å². The van der Waals surface area contributed by atoms with Crippen LogP contribution >= 0.6 is 11.3 Å². The molecule has 1 aliphatic rings. The van der Waals surface area contributed by atoms with Crippen molar-refractivity contribution in [2.75, 3.05) is 6.54 Å². The van der Waals surface area contributed by atoms with E-state index in [1.807, 2.05) is 52.7 Å². The lowest BCUT2D eigenvalue weighted by Gasteiger charge is -2.21. The van der Waals surface area contributed by atoms with Gasteiger partial charge in [0.05, 0.1) is 5.56 Å². The lowest BCUT2D eigenvalue weighted by molar-refractivity contribution is 0.0718. The second-order valence-electron chi connectivity index (χ2n) is 6.46. The van der Waals surface area contributed by atoms with Gasteiger partial charge in [0.2, 0.25) is 5.89 Å². The van der Waals surface area contributed by atoms with Gasteiger partial charge in [-0.25, -0.2) is 0 Å². The van der Waals surface area contributed by atoms with Gasteiger partial charge in [0.1, 0.15) is 11.7 Å². The zero-order chi connectivity index (χ0) is 18.2. The van der Waals surface area contributed by atoms with Gasteiger partial charge in [-0.05, 0) is 31.0 Å². The summed E-state index contributed by atoms with van der Waals surface area (Å²) in [5, 5.41) is 11.3. The number of thiophene rings is 1. The Bertz CT molecular complexity index is 1110. The van der Waals surface area contributed by atoms with Gasteiger partial charge in [0.15, 0.2) is 0 Å². The van der Waals surface area contributed by atoms with Crippen LogP contribution < -0.4 is 0 Å². The van der Waals surface area contributed by atoms with Crippen molar-refractivity contribution >= 4 is 27.3 Å². The molecule has 0 radical (unpaired) electrons. The fourth-order valence-electron chi connectivity index (χ4n) is 3.53. The second-order valence-corrected chi connectivity index (χ2v) is 7.37. The van der Waals surface area contributed by atoms with Crippen LogP contribution in [-0.2, 0) is 0 Å². The van der Waals surface area contributed by atoms with Crippen molar-refractivity contribution < 1.29 is 9.21 Å². The van der Waals surface area contributed by atoms with Crippen LogP contribution in [-0.4, -0.2) is 32.5 Å². The Morgan fingerprint density at radius 2 is 2.04 bits per heavy atom. The smallest absolute Gasteiger partial charge is 0.266 e. The van der Waals surface area contributed by atoms with Crippen LogP contribution in [0.1, 0.15) is 35.1 Å². The van der Waals surface area contributed by atoms with Gasteiger partial charge in [-0.15, -0.1) is 21.5 Å². The normalized spacial score (nSPS) is 16.9. The van der Waals surface area contributed by atoms with Crippen LogP contribution in [0.2, 0.25) is 0 Å². The average Bonchev–Trinajstić information content (AvgIpc) is 3.46. The molecular weight excluding hydrogens is 360 g/mol. The highest BCUT2D eigenvalue weighted by Gasteiger charge is 2.35. The molecule has 5 rings (SSSR count). The molecule has 0 bridgehead atoms. The third-order valence-corrected chi connectivity index (χ3v) is 5.80. The summed E-state index contributed by atoms with van der Waals surface area (Å²) in [5.74, 6) is 0.874. The number of fused-ring (bicyclic) bond motifs is 1. The van der Waals surface area contributed by atoms with Gasteiger partial charge in [0.25, 0.3) is 11.8 Å². The Kier molecular flexibility index (Phi) is 3.94. The molecule has 3 aromatic heterocycles. The van der Waals surface area contributed by atoms with Crippen molar-refractivity contribution in [2.24, 2.45) is 0 Å². The summed E-state index contributed by atoms with van der Waals surface area (Å²) in [4.78, 5) is 19.3. The first-order chi connectivity index (χ1) is 13.3. The molecule has 1 aromatic carbocycles. The number of carbonyl (C=O) groups is 1. The predicted octanol–water partition coefficient (Wildman–Crippen LogP) is 4.32. The Labute approximate surface area is 159 Å². The van der Waals surface area contributed by atoms with Crippen LogP contribution in [0.5, 0.6) is 0 Å². The summed E-state index contributed by atoms with van der Waals surface area (Å²) in [6.45, 7) is 0.689. The van der Waals surface area contributed by atoms with E-state index in [0.29, 0.717) is 24.0 Å². The van der Waals surface area contributed by atoms with Gasteiger partial charge < -0.3 is 9.32 Å². The Balaban J connectivity index is 1.45. The number of aromatic nitrogens is 3. The highest BCUT2D eigenvalue weighted by Crippen LogP contribution is 2.35. The maximum Gasteiger partial charge on any atom is 0.266 e. The molecule has 6 nitrogen and oxygen atoms in total. The number of rotatable bonds is 3. The van der Waals surface area contributed by atoms with Crippen LogP contribution in [0.3, 0.4) is 0 Å². The molecule has 4 heterocycles. The highest BCUT2D eigenvalue weighted by molar-refractivity contribution is 7.17. The van der Waals surface area contributed by atoms with Crippen LogP contribution in [0, 0.1) is 0 Å². The summed E-state index contributed by atoms with van der Waals surface area (Å²) in [5.41, 5.74) is 1.38. The van der Waals surface area contributed by atoms with E-state index >= 15 is 0 Å². The number of nitrogens with zero attached hydrogens (tertiary/aromatic N) is 4. The van der Waals surface area contributed by atoms with Crippen molar-refractivity contribution in [1.29, 1.82) is 0 Å². The third-order valence-electron chi connectivity index (χ3n) is 4.83. The van der Waals surface area contributed by atoms with E-state index in [2.05, 4.69) is 15.2 Å². The van der Waals surface area contributed by atoms with Crippen molar-refractivity contribution in [3.8, 4) is 11.6 Å². The molecule has 1 amide bonds. The van der Waals surface area contributed by atoms with E-state index < -0.39 is 0 Å². The van der Waals surface area contributed by atoms with E-state index in [1.54, 1.807) is 17.5 Å². The van der Waals surface area contributed by atoms with Gasteiger partial charge in [-0.1, -0.05) is 24.3 Å². The zero-order valence-corrected chi connectivity index (χ0v) is 15.2. The van der Waals surface area contributed by atoms with Crippen molar-refractivity contribution in [1.82, 2.24) is 20.1 Å². The molecule has 1 fully saturated rings. The summed E-state index contributed by atoms with van der Waals surface area (Å²) < 4.78 is 6.98. The Morgan fingerprint density at radius 1 is 1.15 bits per heavy atom. The van der Waals surface area contributed by atoms with Crippen LogP contribution in [0.4, 0.5) is 0 Å². The molecule has 1 saturated heterocycles. The number of hydrogen-bond donors (Lipinski definition) is 0. The molecule has 0 saturated carbocycles. The number of hydrogen-bond acceptors (Lipinski definition) is 6. The Morgan fingerprint density at radius 3 is 2.93 bits per heavy atom. The minimum Gasteiger partial charge on any atom is -0.417 e. The first kappa shape index (κ1) is 16.1. The SMILES string of the molecule is O=C(c1csc2ccccc12)N1CCCC1c1nnc(-c2ccccn2)o1. The van der Waals surface area contributed by atoms with E-state index in [0.717, 1.165) is 28.5 Å². The minimum atomic E-state index is -0.193. The molecule has 1 aliphatic heterocycles. The summed E-state index contributed by atoms with van der Waals surface area (Å²) in [6.07, 6.45) is 3.42. The number of likely N-dealkylation sites (tertiary alicyclic amines) is 1. The Hall–Kier alpha value is -3.06. The molecule has 7 heteroatoms. The van der Waals surface area contributed by atoms with Gasteiger partial charge in [-0.3, -0.25) is 9.78 Å². The first-order valence-corrected chi connectivity index (χ1v) is 9.71. The van der Waals surface area contributed by atoms with Crippen molar-refractivity contribution in [3.63, 3.8) is 0 Å². The summed E-state index contributed by atoms with van der Waals surface area (Å²) in [7, 11) is 0. The van der Waals surface area contributed by atoms with Gasteiger partial charge >= 0.3 is 0 Å². The summed E-state index contributed by atoms with van der Waals surface area (Å²) in [6, 6.07) is 13.3. The molecule has 4 aromatic rings. The molecule has 27 heavy (non-hydrogen) atoms. The number of carbonyl (C=O) groups excluding carboxylic acids is 1. The maximum atomic E-state index is 13.2. The second kappa shape index (κ2) is 6.59. The standard InChI is InChI=1S/C20H16N4O2S/c25-20(14-12-27-17-9-2-1-6-13(14)17)24-11-5-8-16(24)19-23-22-18(26-19)15-7-3-4-10-21-15/h1-4,6-7,9-10,12,16H,5,8,11H2.